The molecule has 1 aromatic carbocycles. The Kier molecular flexibility index (Phi) is 8.91. The van der Waals surface area contributed by atoms with E-state index in [1.807, 2.05) is 13.8 Å². The van der Waals surface area contributed by atoms with Gasteiger partial charge in [-0.05, 0) is 30.5 Å². The molecule has 0 aliphatic rings. The first-order valence-corrected chi connectivity index (χ1v) is 9.17. The Hall–Kier alpha value is -1.15. The Labute approximate surface area is 151 Å². The van der Waals surface area contributed by atoms with Gasteiger partial charge in [-0.25, -0.2) is 12.7 Å². The molecule has 24 heavy (non-hydrogen) atoms. The number of halogens is 1. The van der Waals surface area contributed by atoms with Crippen LogP contribution in [0.5, 0.6) is 0 Å². The Morgan fingerprint density at radius 2 is 1.67 bits per heavy atom. The smallest absolute Gasteiger partial charge is 0.242 e. The van der Waals surface area contributed by atoms with Crippen LogP contribution in [0.25, 0.3) is 0 Å². The lowest BCUT2D eigenvalue weighted by Gasteiger charge is -2.28. The van der Waals surface area contributed by atoms with Crippen molar-refractivity contribution in [2.45, 2.75) is 38.1 Å². The van der Waals surface area contributed by atoms with Crippen molar-refractivity contribution in [2.24, 2.45) is 11.1 Å². The van der Waals surface area contributed by atoms with Crippen LogP contribution in [0.2, 0.25) is 0 Å². The minimum atomic E-state index is -3.43. The second kappa shape index (κ2) is 9.36. The Morgan fingerprint density at radius 3 is 2.04 bits per heavy atom. The van der Waals surface area contributed by atoms with Gasteiger partial charge in [-0.3, -0.25) is 4.79 Å². The topological polar surface area (TPSA) is 92.5 Å². The van der Waals surface area contributed by atoms with E-state index in [1.165, 1.54) is 18.4 Å². The maximum absolute atomic E-state index is 12.4. The molecular weight excluding hydrogens is 350 g/mol. The van der Waals surface area contributed by atoms with Gasteiger partial charge < -0.3 is 11.1 Å². The van der Waals surface area contributed by atoms with Crippen LogP contribution in [0.1, 0.15) is 32.3 Å². The quantitative estimate of drug-likeness (QED) is 0.721. The SMILES string of the molecule is CCC(CC)(CN)C(=O)NCc1ccc(S(=O)(=O)N(C)C)cc1.Cl. The van der Waals surface area contributed by atoms with Crippen LogP contribution in [0.4, 0.5) is 0 Å². The van der Waals surface area contributed by atoms with E-state index in [0.717, 1.165) is 5.56 Å². The van der Waals surface area contributed by atoms with E-state index in [-0.39, 0.29) is 23.2 Å². The summed E-state index contributed by atoms with van der Waals surface area (Å²) in [6.07, 6.45) is 1.37. The maximum Gasteiger partial charge on any atom is 0.242 e. The molecule has 138 valence electrons. The molecule has 0 bridgehead atoms. The number of hydrogen-bond acceptors (Lipinski definition) is 4. The molecule has 0 aliphatic heterocycles. The van der Waals surface area contributed by atoms with Crippen molar-refractivity contribution >= 4 is 28.3 Å². The van der Waals surface area contributed by atoms with Gasteiger partial charge in [0.1, 0.15) is 0 Å². The van der Waals surface area contributed by atoms with E-state index in [1.54, 1.807) is 24.3 Å². The zero-order valence-corrected chi connectivity index (χ0v) is 16.3. The number of benzene rings is 1. The van der Waals surface area contributed by atoms with Crippen molar-refractivity contribution in [3.63, 3.8) is 0 Å². The van der Waals surface area contributed by atoms with Gasteiger partial charge in [0.05, 0.1) is 10.3 Å². The van der Waals surface area contributed by atoms with Gasteiger partial charge in [0.25, 0.3) is 0 Å². The standard InChI is InChI=1S/C16H27N3O3S.ClH/c1-5-16(6-2,12-17)15(20)18-11-13-7-9-14(10-8-13)23(21,22)19(3)4;/h7-10H,5-6,11-12,17H2,1-4H3,(H,18,20);1H. The second-order valence-electron chi connectivity index (χ2n) is 5.81. The number of hydrogen-bond donors (Lipinski definition) is 2. The highest BCUT2D eigenvalue weighted by Crippen LogP contribution is 2.25. The first-order chi connectivity index (χ1) is 10.7. The van der Waals surface area contributed by atoms with Crippen LogP contribution in [0.15, 0.2) is 29.2 Å². The largest absolute Gasteiger partial charge is 0.352 e. The van der Waals surface area contributed by atoms with Gasteiger partial charge >= 0.3 is 0 Å². The third-order valence-corrected chi connectivity index (χ3v) is 6.21. The highest BCUT2D eigenvalue weighted by Gasteiger charge is 2.32. The fraction of sp³-hybridized carbons (Fsp3) is 0.562. The Balaban J connectivity index is 0.00000529. The molecular formula is C16H28ClN3O3S. The van der Waals surface area contributed by atoms with Gasteiger partial charge in [0, 0.05) is 27.2 Å². The van der Waals surface area contributed by atoms with Crippen molar-refractivity contribution in [3.8, 4) is 0 Å². The molecule has 0 spiro atoms. The summed E-state index contributed by atoms with van der Waals surface area (Å²) in [5.41, 5.74) is 6.07. The van der Waals surface area contributed by atoms with Crippen molar-refractivity contribution in [3.05, 3.63) is 29.8 Å². The summed E-state index contributed by atoms with van der Waals surface area (Å²) >= 11 is 0. The monoisotopic (exact) mass is 377 g/mol. The molecule has 1 rings (SSSR count). The lowest BCUT2D eigenvalue weighted by Crippen LogP contribution is -2.45. The summed E-state index contributed by atoms with van der Waals surface area (Å²) in [7, 11) is -0.448. The van der Waals surface area contributed by atoms with E-state index in [4.69, 9.17) is 5.73 Å². The summed E-state index contributed by atoms with van der Waals surface area (Å²) in [5, 5.41) is 2.89. The van der Waals surface area contributed by atoms with Crippen LogP contribution >= 0.6 is 12.4 Å². The molecule has 0 saturated heterocycles. The molecule has 1 amide bonds. The van der Waals surface area contributed by atoms with Crippen LogP contribution in [0, 0.1) is 5.41 Å². The molecule has 0 heterocycles. The van der Waals surface area contributed by atoms with Gasteiger partial charge in [-0.1, -0.05) is 26.0 Å². The summed E-state index contributed by atoms with van der Waals surface area (Å²) in [6.45, 7) is 4.57. The molecule has 0 fully saturated rings. The predicted octanol–water partition coefficient (Wildman–Crippen LogP) is 1.74. The number of carbonyl (C=O) groups is 1. The zero-order chi connectivity index (χ0) is 17.7. The van der Waals surface area contributed by atoms with Gasteiger partial charge in [-0.15, -0.1) is 12.4 Å². The molecule has 0 saturated carbocycles. The molecule has 3 N–H and O–H groups in total. The minimum absolute atomic E-state index is 0. The number of nitrogens with two attached hydrogens (primary N) is 1. The van der Waals surface area contributed by atoms with E-state index < -0.39 is 15.4 Å². The second-order valence-corrected chi connectivity index (χ2v) is 7.96. The molecule has 1 aromatic rings. The van der Waals surface area contributed by atoms with E-state index in [0.29, 0.717) is 25.9 Å². The minimum Gasteiger partial charge on any atom is -0.352 e. The number of rotatable bonds is 8. The molecule has 0 unspecified atom stereocenters. The summed E-state index contributed by atoms with van der Waals surface area (Å²) in [5.74, 6) is -0.0602. The number of nitrogens with zero attached hydrogens (tertiary/aromatic N) is 1. The van der Waals surface area contributed by atoms with E-state index in [9.17, 15) is 13.2 Å². The third kappa shape index (κ3) is 4.92. The molecule has 0 aromatic heterocycles. The van der Waals surface area contributed by atoms with Crippen LogP contribution in [-0.4, -0.2) is 39.3 Å². The highest BCUT2D eigenvalue weighted by molar-refractivity contribution is 7.89. The average molecular weight is 378 g/mol. The molecule has 6 nitrogen and oxygen atoms in total. The summed E-state index contributed by atoms with van der Waals surface area (Å²) in [6, 6.07) is 6.51. The Bertz CT molecular complexity index is 618. The van der Waals surface area contributed by atoms with Gasteiger partial charge in [0.2, 0.25) is 15.9 Å². The zero-order valence-electron chi connectivity index (χ0n) is 14.7. The van der Waals surface area contributed by atoms with Crippen molar-refractivity contribution in [1.82, 2.24) is 9.62 Å². The highest BCUT2D eigenvalue weighted by atomic mass is 35.5. The predicted molar refractivity (Wildman–Crippen MR) is 98.5 cm³/mol. The number of nitrogens with one attached hydrogen (secondary N) is 1. The fourth-order valence-corrected chi connectivity index (χ4v) is 3.21. The van der Waals surface area contributed by atoms with Crippen molar-refractivity contribution < 1.29 is 13.2 Å². The van der Waals surface area contributed by atoms with Crippen LogP contribution < -0.4 is 11.1 Å². The fourth-order valence-electron chi connectivity index (χ4n) is 2.31. The molecule has 0 radical (unpaired) electrons. The summed E-state index contributed by atoms with van der Waals surface area (Å²) in [4.78, 5) is 12.6. The van der Waals surface area contributed by atoms with Crippen molar-refractivity contribution in [1.29, 1.82) is 0 Å². The van der Waals surface area contributed by atoms with Gasteiger partial charge in [-0.2, -0.15) is 0 Å². The normalized spacial score (nSPS) is 11.9. The first-order valence-electron chi connectivity index (χ1n) is 7.73. The molecule has 8 heteroatoms. The van der Waals surface area contributed by atoms with Crippen molar-refractivity contribution in [2.75, 3.05) is 20.6 Å². The first kappa shape index (κ1) is 22.9. The molecule has 0 atom stereocenters. The molecule has 0 aliphatic carbocycles. The lowest BCUT2D eigenvalue weighted by atomic mass is 9.81. The van der Waals surface area contributed by atoms with Gasteiger partial charge in [0.15, 0.2) is 0 Å². The number of carbonyl (C=O) groups excluding carboxylic acids is 1. The van der Waals surface area contributed by atoms with E-state index >= 15 is 0 Å². The third-order valence-electron chi connectivity index (χ3n) is 4.38. The number of amides is 1. The Morgan fingerprint density at radius 1 is 1.17 bits per heavy atom. The average Bonchev–Trinajstić information content (AvgIpc) is 2.55. The number of sulfonamides is 1. The van der Waals surface area contributed by atoms with Crippen LogP contribution in [0.3, 0.4) is 0 Å². The lowest BCUT2D eigenvalue weighted by molar-refractivity contribution is -0.131. The summed E-state index contributed by atoms with van der Waals surface area (Å²) < 4.78 is 25.2. The maximum atomic E-state index is 12.4. The van der Waals surface area contributed by atoms with Crippen LogP contribution in [-0.2, 0) is 21.4 Å². The van der Waals surface area contributed by atoms with E-state index in [2.05, 4.69) is 5.32 Å².